The third kappa shape index (κ3) is 6.55. The first-order valence-electron chi connectivity index (χ1n) is 13.5. The number of carbonyl (C=O) groups excluding carboxylic acids is 1. The quantitative estimate of drug-likeness (QED) is 0.308. The van der Waals surface area contributed by atoms with Crippen molar-refractivity contribution in [3.8, 4) is 0 Å². The normalized spacial score (nSPS) is 19.3. The molecule has 1 heterocycles. The summed E-state index contributed by atoms with van der Waals surface area (Å²) in [5.74, 6) is 0.403. The average Bonchev–Trinajstić information content (AvgIpc) is 2.91. The van der Waals surface area contributed by atoms with Gasteiger partial charge in [0.2, 0.25) is 0 Å². The van der Waals surface area contributed by atoms with Crippen molar-refractivity contribution >= 4 is 54.2 Å². The molecule has 5 rings (SSSR count). The number of hydrogen-bond donors (Lipinski definition) is 2. The standard InChI is InChI=1S/C30H35AsCl2N4O/c1-31(2)28-25-5-3-4-6-26(25)36-30(37-28)35-24-17-15-23(16-18-24)34-29(38)27(19-7-11-21(32)12-8-19)20-9-13-22(33)14-10-20/h7-14,23-24,27H,3-6,15-18H2,1-2H3,(H,34,38)(H,35,36,37). The molecule has 5 nitrogen and oxygen atoms in total. The van der Waals surface area contributed by atoms with Gasteiger partial charge in [-0.05, 0) is 24.3 Å². The van der Waals surface area contributed by atoms with Crippen LogP contribution in [0.5, 0.6) is 0 Å². The van der Waals surface area contributed by atoms with Crippen molar-refractivity contribution in [2.75, 3.05) is 5.32 Å². The zero-order valence-corrected chi connectivity index (χ0v) is 25.4. The number of carbonyl (C=O) groups is 1. The first kappa shape index (κ1) is 27.5. The van der Waals surface area contributed by atoms with Crippen LogP contribution in [0.3, 0.4) is 0 Å². The Bertz CT molecular complexity index is 1210. The van der Waals surface area contributed by atoms with Gasteiger partial charge in [-0.25, -0.2) is 0 Å². The summed E-state index contributed by atoms with van der Waals surface area (Å²) in [6.07, 6.45) is 8.49. The number of aromatic nitrogens is 2. The van der Waals surface area contributed by atoms with Crippen LogP contribution in [0.25, 0.3) is 0 Å². The Labute approximate surface area is 240 Å². The monoisotopic (exact) mass is 612 g/mol. The second-order valence-electron chi connectivity index (χ2n) is 10.6. The van der Waals surface area contributed by atoms with Gasteiger partial charge in [-0.2, -0.15) is 0 Å². The molecule has 0 atom stereocenters. The van der Waals surface area contributed by atoms with Crippen LogP contribution in [-0.2, 0) is 17.6 Å². The molecule has 1 saturated carbocycles. The van der Waals surface area contributed by atoms with Crippen molar-refractivity contribution in [3.05, 3.63) is 81.0 Å². The number of halogens is 2. The minimum absolute atomic E-state index is 0.0101. The Hall–Kier alpha value is -2.07. The fraction of sp³-hybridized carbons (Fsp3) is 0.433. The van der Waals surface area contributed by atoms with Gasteiger partial charge in [0, 0.05) is 10.0 Å². The van der Waals surface area contributed by atoms with E-state index in [1.165, 1.54) is 28.6 Å². The molecule has 0 spiro atoms. The minimum atomic E-state index is -1.10. The molecular weight excluding hydrogens is 578 g/mol. The zero-order chi connectivity index (χ0) is 26.6. The van der Waals surface area contributed by atoms with E-state index < -0.39 is 20.6 Å². The number of aryl methyl sites for hydroxylation is 1. The van der Waals surface area contributed by atoms with Crippen LogP contribution in [0.15, 0.2) is 48.5 Å². The fourth-order valence-electron chi connectivity index (χ4n) is 5.66. The van der Waals surface area contributed by atoms with Crippen molar-refractivity contribution < 1.29 is 4.79 Å². The summed E-state index contributed by atoms with van der Waals surface area (Å²) in [6, 6.07) is 15.5. The van der Waals surface area contributed by atoms with Gasteiger partial charge in [0.1, 0.15) is 0 Å². The first-order chi connectivity index (χ1) is 18.4. The van der Waals surface area contributed by atoms with Gasteiger partial charge in [-0.3, -0.25) is 0 Å². The summed E-state index contributed by atoms with van der Waals surface area (Å²) in [5, 5.41) is 8.29. The van der Waals surface area contributed by atoms with Crippen LogP contribution in [0.1, 0.15) is 66.8 Å². The number of amides is 1. The van der Waals surface area contributed by atoms with E-state index in [1.807, 2.05) is 48.5 Å². The number of anilines is 1. The Morgan fingerprint density at radius 3 is 1.97 bits per heavy atom. The third-order valence-electron chi connectivity index (χ3n) is 7.66. The van der Waals surface area contributed by atoms with Gasteiger partial charge < -0.3 is 0 Å². The van der Waals surface area contributed by atoms with Gasteiger partial charge in [0.05, 0.1) is 0 Å². The molecule has 1 amide bonds. The number of nitrogens with zero attached hydrogens (tertiary/aromatic N) is 2. The van der Waals surface area contributed by atoms with E-state index >= 15 is 0 Å². The zero-order valence-electron chi connectivity index (χ0n) is 22.0. The summed E-state index contributed by atoms with van der Waals surface area (Å²) in [4.78, 5) is 23.5. The van der Waals surface area contributed by atoms with Crippen molar-refractivity contribution in [2.45, 2.75) is 80.8 Å². The van der Waals surface area contributed by atoms with Crippen LogP contribution >= 0.6 is 23.2 Å². The van der Waals surface area contributed by atoms with Crippen LogP contribution in [0, 0.1) is 0 Å². The molecule has 0 radical (unpaired) electrons. The molecule has 38 heavy (non-hydrogen) atoms. The van der Waals surface area contributed by atoms with E-state index in [0.717, 1.165) is 55.6 Å². The van der Waals surface area contributed by atoms with Gasteiger partial charge >= 0.3 is 160 Å². The van der Waals surface area contributed by atoms with E-state index in [4.69, 9.17) is 33.2 Å². The molecule has 2 N–H and O–H groups in total. The SMILES string of the molecule is C[As](C)c1nc(NC2CCC(NC(=O)C(c3ccc(Cl)cc3)c3ccc(Cl)cc3)CC2)nc2c1CCCC2. The fourth-order valence-corrected chi connectivity index (χ4v) is 8.17. The molecule has 3 aromatic rings. The second kappa shape index (κ2) is 12.4. The predicted octanol–water partition coefficient (Wildman–Crippen LogP) is 6.30. The summed E-state index contributed by atoms with van der Waals surface area (Å²) in [6.45, 7) is 0. The summed E-state index contributed by atoms with van der Waals surface area (Å²) >= 11 is 11.1. The van der Waals surface area contributed by atoms with E-state index in [0.29, 0.717) is 16.1 Å². The summed E-state index contributed by atoms with van der Waals surface area (Å²) in [7, 11) is 0. The Balaban J connectivity index is 1.23. The molecule has 1 fully saturated rings. The number of benzene rings is 2. The molecule has 2 aliphatic carbocycles. The van der Waals surface area contributed by atoms with Crippen LogP contribution in [0.2, 0.25) is 21.5 Å². The van der Waals surface area contributed by atoms with E-state index in [-0.39, 0.29) is 11.9 Å². The maximum atomic E-state index is 13.6. The molecule has 8 heteroatoms. The first-order valence-corrected chi connectivity index (χ1v) is 19.0. The van der Waals surface area contributed by atoms with E-state index in [2.05, 4.69) is 22.1 Å². The molecule has 0 unspecified atom stereocenters. The van der Waals surface area contributed by atoms with Crippen molar-refractivity contribution in [3.63, 3.8) is 0 Å². The number of fused-ring (bicyclic) bond motifs is 1. The number of rotatable bonds is 7. The Kier molecular flexibility index (Phi) is 8.98. The molecular formula is C30H35AsCl2N4O. The average molecular weight is 613 g/mol. The number of hydrogen-bond acceptors (Lipinski definition) is 4. The van der Waals surface area contributed by atoms with E-state index in [1.54, 1.807) is 0 Å². The van der Waals surface area contributed by atoms with Crippen LogP contribution < -0.4 is 15.1 Å². The van der Waals surface area contributed by atoms with Crippen molar-refractivity contribution in [1.82, 2.24) is 15.3 Å². The predicted molar refractivity (Wildman–Crippen MR) is 158 cm³/mol. The summed E-state index contributed by atoms with van der Waals surface area (Å²) < 4.78 is 1.35. The summed E-state index contributed by atoms with van der Waals surface area (Å²) in [5.41, 5.74) is 9.27. The molecule has 1 aromatic heterocycles. The van der Waals surface area contributed by atoms with Gasteiger partial charge in [-0.15, -0.1) is 0 Å². The molecule has 0 bridgehead atoms. The van der Waals surface area contributed by atoms with Crippen molar-refractivity contribution in [1.29, 1.82) is 0 Å². The van der Waals surface area contributed by atoms with E-state index in [9.17, 15) is 4.79 Å². The third-order valence-corrected chi connectivity index (χ3v) is 10.7. The molecule has 200 valence electrons. The van der Waals surface area contributed by atoms with Gasteiger partial charge in [0.15, 0.2) is 0 Å². The molecule has 0 aliphatic heterocycles. The van der Waals surface area contributed by atoms with Crippen LogP contribution in [-0.4, -0.2) is 42.6 Å². The van der Waals surface area contributed by atoms with Crippen LogP contribution in [0.4, 0.5) is 5.95 Å². The Morgan fingerprint density at radius 2 is 1.39 bits per heavy atom. The van der Waals surface area contributed by atoms with Gasteiger partial charge in [-0.1, -0.05) is 47.5 Å². The number of nitrogens with one attached hydrogen (secondary N) is 2. The second-order valence-corrected chi connectivity index (χ2v) is 16.1. The maximum absolute atomic E-state index is 13.6. The Morgan fingerprint density at radius 1 is 0.842 bits per heavy atom. The van der Waals surface area contributed by atoms with Crippen molar-refractivity contribution in [2.24, 2.45) is 0 Å². The topological polar surface area (TPSA) is 66.9 Å². The molecule has 0 saturated heterocycles. The molecule has 2 aromatic carbocycles. The van der Waals surface area contributed by atoms with Gasteiger partial charge in [0.25, 0.3) is 0 Å². The molecule has 2 aliphatic rings.